The fraction of sp³-hybridized carbons (Fsp3) is 0.720. The van der Waals surface area contributed by atoms with Gasteiger partial charge < -0.3 is 9.84 Å². The fourth-order valence-electron chi connectivity index (χ4n) is 4.05. The van der Waals surface area contributed by atoms with Crippen LogP contribution in [0.2, 0.25) is 0 Å². The minimum Gasteiger partial charge on any atom is -0.508 e. The van der Waals surface area contributed by atoms with Crippen LogP contribution >= 0.6 is 0 Å². The molecule has 0 unspecified atom stereocenters. The summed E-state index contributed by atoms with van der Waals surface area (Å²) < 4.78 is 5.39. The lowest BCUT2D eigenvalue weighted by Gasteiger charge is -2.14. The minimum atomic E-state index is -0.666. The molecule has 0 fully saturated rings. The van der Waals surface area contributed by atoms with Crippen molar-refractivity contribution in [3.8, 4) is 11.5 Å². The number of hydrogen-bond donors (Lipinski definition) is 1. The summed E-state index contributed by atoms with van der Waals surface area (Å²) in [4.78, 5) is 12.0. The molecule has 0 aliphatic carbocycles. The van der Waals surface area contributed by atoms with Crippen LogP contribution in [0.3, 0.4) is 0 Å². The van der Waals surface area contributed by atoms with Crippen LogP contribution in [0, 0.1) is 0 Å². The zero-order valence-corrected chi connectivity index (χ0v) is 18.3. The highest BCUT2D eigenvalue weighted by atomic mass is 16.5. The van der Waals surface area contributed by atoms with E-state index in [1.165, 1.54) is 77.0 Å². The molecule has 3 nitrogen and oxygen atoms in total. The molecule has 1 heterocycles. The Balaban J connectivity index is 1.55. The summed E-state index contributed by atoms with van der Waals surface area (Å²) in [5, 5.41) is 10.3. The van der Waals surface area contributed by atoms with Crippen molar-refractivity contribution in [1.29, 1.82) is 0 Å². The van der Waals surface area contributed by atoms with E-state index in [0.29, 0.717) is 11.5 Å². The van der Waals surface area contributed by atoms with Crippen molar-refractivity contribution < 1.29 is 14.6 Å². The summed E-state index contributed by atoms with van der Waals surface area (Å²) in [5.41, 5.74) is 1.03. The van der Waals surface area contributed by atoms with Gasteiger partial charge in [0, 0.05) is 5.56 Å². The molecular formula is C25H40O3. The van der Waals surface area contributed by atoms with Crippen molar-refractivity contribution in [3.63, 3.8) is 0 Å². The summed E-state index contributed by atoms with van der Waals surface area (Å²) in [6.45, 7) is 5.95. The van der Waals surface area contributed by atoms with Crippen LogP contribution in [0.15, 0.2) is 12.1 Å². The predicted molar refractivity (Wildman–Crippen MR) is 116 cm³/mol. The highest BCUT2D eigenvalue weighted by molar-refractivity contribution is 5.90. The number of esters is 1. The second kappa shape index (κ2) is 11.5. The Morgan fingerprint density at radius 2 is 1.32 bits per heavy atom. The third kappa shape index (κ3) is 6.53. The van der Waals surface area contributed by atoms with E-state index < -0.39 is 5.41 Å². The van der Waals surface area contributed by atoms with Crippen molar-refractivity contribution in [1.82, 2.24) is 0 Å². The molecule has 28 heavy (non-hydrogen) atoms. The van der Waals surface area contributed by atoms with Gasteiger partial charge in [-0.05, 0) is 44.4 Å². The van der Waals surface area contributed by atoms with Crippen molar-refractivity contribution in [3.05, 3.63) is 23.3 Å². The van der Waals surface area contributed by atoms with Gasteiger partial charge >= 0.3 is 5.97 Å². The lowest BCUT2D eigenvalue weighted by Crippen LogP contribution is -2.25. The molecule has 0 aromatic heterocycles. The number of unbranched alkanes of at least 4 members (excludes halogenated alkanes) is 12. The molecule has 2 rings (SSSR count). The summed E-state index contributed by atoms with van der Waals surface area (Å²) in [6.07, 6.45) is 18.2. The quantitative estimate of drug-likeness (QED) is 0.208. The van der Waals surface area contributed by atoms with Crippen LogP contribution in [0.4, 0.5) is 0 Å². The zero-order valence-electron chi connectivity index (χ0n) is 18.3. The number of hydrogen-bond acceptors (Lipinski definition) is 3. The lowest BCUT2D eigenvalue weighted by molar-refractivity contribution is -0.137. The van der Waals surface area contributed by atoms with Crippen LogP contribution < -0.4 is 4.74 Å². The molecule has 1 N–H and O–H groups in total. The Labute approximate surface area is 171 Å². The van der Waals surface area contributed by atoms with Gasteiger partial charge in [-0.15, -0.1) is 0 Å². The normalized spacial score (nSPS) is 14.9. The molecular weight excluding hydrogens is 348 g/mol. The van der Waals surface area contributed by atoms with E-state index in [1.807, 2.05) is 19.9 Å². The van der Waals surface area contributed by atoms with Gasteiger partial charge in [0.2, 0.25) is 0 Å². The zero-order chi connectivity index (χ0) is 20.4. The number of aromatic hydroxyl groups is 1. The van der Waals surface area contributed by atoms with Gasteiger partial charge in [-0.2, -0.15) is 0 Å². The van der Waals surface area contributed by atoms with E-state index in [9.17, 15) is 9.90 Å². The third-order valence-corrected chi connectivity index (χ3v) is 6.12. The number of benzene rings is 1. The number of rotatable bonds is 14. The first-order valence-corrected chi connectivity index (χ1v) is 11.6. The standard InChI is InChI=1S/C25H40O3/c1-4-5-6-7-8-9-10-11-12-13-14-15-16-17-20-18-23-21(19-22(20)26)25(2,3)24(27)28-23/h18-19,26H,4-17H2,1-3H3. The van der Waals surface area contributed by atoms with Gasteiger partial charge in [-0.25, -0.2) is 0 Å². The first kappa shape index (κ1) is 22.8. The van der Waals surface area contributed by atoms with E-state index in [4.69, 9.17) is 4.74 Å². The molecule has 0 saturated heterocycles. The Morgan fingerprint density at radius 1 is 0.821 bits per heavy atom. The molecule has 1 aliphatic heterocycles. The van der Waals surface area contributed by atoms with Crippen molar-refractivity contribution in [2.75, 3.05) is 0 Å². The maximum atomic E-state index is 12.0. The van der Waals surface area contributed by atoms with E-state index in [1.54, 1.807) is 6.07 Å². The number of phenolic OH excluding ortho intramolecular Hbond substituents is 1. The first-order valence-electron chi connectivity index (χ1n) is 11.6. The number of fused-ring (bicyclic) bond motifs is 1. The molecule has 3 heteroatoms. The SMILES string of the molecule is CCCCCCCCCCCCCCCc1cc2c(cc1O)C(C)(C)C(=O)O2. The molecule has 158 valence electrons. The number of aryl methyl sites for hydroxylation is 1. The van der Waals surface area contributed by atoms with Gasteiger partial charge in [0.1, 0.15) is 11.5 Å². The smallest absolute Gasteiger partial charge is 0.321 e. The van der Waals surface area contributed by atoms with Crippen LogP contribution in [0.1, 0.15) is 115 Å². The molecule has 0 bridgehead atoms. The molecule has 1 aromatic rings. The third-order valence-electron chi connectivity index (χ3n) is 6.12. The lowest BCUT2D eigenvalue weighted by atomic mass is 9.85. The Morgan fingerprint density at radius 3 is 1.86 bits per heavy atom. The van der Waals surface area contributed by atoms with Crippen molar-refractivity contribution in [2.24, 2.45) is 0 Å². The van der Waals surface area contributed by atoms with Gasteiger partial charge in [-0.1, -0.05) is 84.0 Å². The first-order chi connectivity index (χ1) is 13.5. The number of carbonyl (C=O) groups excluding carboxylic acids is 1. The highest BCUT2D eigenvalue weighted by Gasteiger charge is 2.41. The van der Waals surface area contributed by atoms with Gasteiger partial charge in [0.05, 0.1) is 5.41 Å². The van der Waals surface area contributed by atoms with Gasteiger partial charge in [0.15, 0.2) is 0 Å². The molecule has 0 radical (unpaired) electrons. The number of carbonyl (C=O) groups is 1. The fourth-order valence-corrected chi connectivity index (χ4v) is 4.05. The Kier molecular flexibility index (Phi) is 9.34. The Hall–Kier alpha value is -1.51. The molecule has 0 amide bonds. The second-order valence-electron chi connectivity index (χ2n) is 8.98. The van der Waals surface area contributed by atoms with Gasteiger partial charge in [-0.3, -0.25) is 4.79 Å². The predicted octanol–water partition coefficient (Wildman–Crippen LogP) is 7.22. The van der Waals surface area contributed by atoms with Crippen molar-refractivity contribution >= 4 is 5.97 Å². The Bertz CT molecular complexity index is 618. The summed E-state index contributed by atoms with van der Waals surface area (Å²) in [5.74, 6) is 0.682. The summed E-state index contributed by atoms with van der Waals surface area (Å²) in [7, 11) is 0. The van der Waals surface area contributed by atoms with Crippen LogP contribution in [0.25, 0.3) is 0 Å². The average molecular weight is 389 g/mol. The van der Waals surface area contributed by atoms with Crippen molar-refractivity contribution in [2.45, 2.75) is 116 Å². The monoisotopic (exact) mass is 388 g/mol. The van der Waals surface area contributed by atoms with Crippen LogP contribution in [-0.4, -0.2) is 11.1 Å². The number of phenols is 1. The van der Waals surface area contributed by atoms with E-state index >= 15 is 0 Å². The number of ether oxygens (including phenoxy) is 1. The van der Waals surface area contributed by atoms with Crippen LogP contribution in [-0.2, 0) is 16.6 Å². The highest BCUT2D eigenvalue weighted by Crippen LogP contribution is 2.42. The van der Waals surface area contributed by atoms with Crippen LogP contribution in [0.5, 0.6) is 11.5 Å². The molecule has 1 aliphatic rings. The molecule has 0 spiro atoms. The molecule has 0 atom stereocenters. The van der Waals surface area contributed by atoms with E-state index in [0.717, 1.165) is 24.0 Å². The topological polar surface area (TPSA) is 46.5 Å². The van der Waals surface area contributed by atoms with Gasteiger partial charge in [0.25, 0.3) is 0 Å². The van der Waals surface area contributed by atoms with E-state index in [-0.39, 0.29) is 5.97 Å². The minimum absolute atomic E-state index is 0.236. The summed E-state index contributed by atoms with van der Waals surface area (Å²) in [6, 6.07) is 3.58. The summed E-state index contributed by atoms with van der Waals surface area (Å²) >= 11 is 0. The average Bonchev–Trinajstić information content (AvgIpc) is 2.88. The van der Waals surface area contributed by atoms with E-state index in [2.05, 4.69) is 6.92 Å². The second-order valence-corrected chi connectivity index (χ2v) is 8.98. The molecule has 0 saturated carbocycles. The molecule has 1 aromatic carbocycles. The maximum absolute atomic E-state index is 12.0. The maximum Gasteiger partial charge on any atom is 0.321 e. The largest absolute Gasteiger partial charge is 0.508 e.